The quantitative estimate of drug-likeness (QED) is 0.878. The van der Waals surface area contributed by atoms with Crippen molar-refractivity contribution in [2.45, 2.75) is 13.0 Å². The summed E-state index contributed by atoms with van der Waals surface area (Å²) >= 11 is 3.43. The van der Waals surface area contributed by atoms with E-state index in [9.17, 15) is 0 Å². The second-order valence-electron chi connectivity index (χ2n) is 2.92. The smallest absolute Gasteiger partial charge is 0.133 e. The molecule has 0 radical (unpaired) electrons. The lowest BCUT2D eigenvalue weighted by Crippen LogP contribution is -2.26. The normalized spacial score (nSPS) is 12.5. The molecule has 0 amide bonds. The van der Waals surface area contributed by atoms with Gasteiger partial charge in [0, 0.05) is 6.54 Å². The highest BCUT2D eigenvalue weighted by Gasteiger charge is 2.04. The summed E-state index contributed by atoms with van der Waals surface area (Å²) in [6, 6.07) is 7.86. The minimum absolute atomic E-state index is 0.184. The van der Waals surface area contributed by atoms with Crippen LogP contribution in [0.2, 0.25) is 0 Å². The molecule has 1 N–H and O–H groups in total. The van der Waals surface area contributed by atoms with Crippen LogP contribution in [0.15, 0.2) is 28.7 Å². The van der Waals surface area contributed by atoms with Crippen LogP contribution in [0.25, 0.3) is 0 Å². The van der Waals surface area contributed by atoms with Crippen molar-refractivity contribution in [3.05, 3.63) is 28.7 Å². The van der Waals surface area contributed by atoms with E-state index in [1.165, 1.54) is 0 Å². The summed E-state index contributed by atoms with van der Waals surface area (Å²) in [7, 11) is 1.92. The van der Waals surface area contributed by atoms with E-state index < -0.39 is 0 Å². The maximum absolute atomic E-state index is 5.68. The first-order chi connectivity index (χ1) is 6.24. The first kappa shape index (κ1) is 10.5. The molecule has 0 saturated heterocycles. The molecule has 0 bridgehead atoms. The molecule has 1 aromatic carbocycles. The van der Waals surface area contributed by atoms with Gasteiger partial charge in [0.2, 0.25) is 0 Å². The topological polar surface area (TPSA) is 21.3 Å². The predicted molar refractivity (Wildman–Crippen MR) is 58.2 cm³/mol. The highest BCUT2D eigenvalue weighted by Crippen LogP contribution is 2.24. The van der Waals surface area contributed by atoms with Crippen LogP contribution in [-0.4, -0.2) is 19.7 Å². The molecule has 0 aliphatic heterocycles. The average Bonchev–Trinajstić information content (AvgIpc) is 2.09. The molecule has 1 rings (SSSR count). The Kier molecular flexibility index (Phi) is 4.25. The fourth-order valence-corrected chi connectivity index (χ4v) is 1.46. The van der Waals surface area contributed by atoms with E-state index >= 15 is 0 Å². The maximum Gasteiger partial charge on any atom is 0.133 e. The van der Waals surface area contributed by atoms with E-state index in [1.807, 2.05) is 38.2 Å². The number of rotatable bonds is 4. The van der Waals surface area contributed by atoms with Gasteiger partial charge in [-0.1, -0.05) is 12.1 Å². The van der Waals surface area contributed by atoms with Gasteiger partial charge in [-0.2, -0.15) is 0 Å². The molecule has 0 saturated carbocycles. The number of halogens is 1. The first-order valence-electron chi connectivity index (χ1n) is 4.30. The SMILES string of the molecule is CNCC(C)Oc1ccccc1Br. The summed E-state index contributed by atoms with van der Waals surface area (Å²) < 4.78 is 6.67. The summed E-state index contributed by atoms with van der Waals surface area (Å²) in [4.78, 5) is 0. The predicted octanol–water partition coefficient (Wildman–Crippen LogP) is 2.44. The Bertz CT molecular complexity index is 265. The highest BCUT2D eigenvalue weighted by atomic mass is 79.9. The van der Waals surface area contributed by atoms with Crippen molar-refractivity contribution in [1.29, 1.82) is 0 Å². The minimum atomic E-state index is 0.184. The molecule has 2 nitrogen and oxygen atoms in total. The van der Waals surface area contributed by atoms with E-state index in [0.29, 0.717) is 0 Å². The summed E-state index contributed by atoms with van der Waals surface area (Å²) in [6.07, 6.45) is 0.184. The van der Waals surface area contributed by atoms with E-state index in [0.717, 1.165) is 16.8 Å². The Morgan fingerprint density at radius 1 is 1.46 bits per heavy atom. The van der Waals surface area contributed by atoms with Gasteiger partial charge in [-0.05, 0) is 42.0 Å². The van der Waals surface area contributed by atoms with Crippen LogP contribution in [-0.2, 0) is 0 Å². The van der Waals surface area contributed by atoms with Gasteiger partial charge < -0.3 is 10.1 Å². The second-order valence-corrected chi connectivity index (χ2v) is 3.77. The Balaban J connectivity index is 2.58. The summed E-state index contributed by atoms with van der Waals surface area (Å²) in [5, 5.41) is 3.07. The number of para-hydroxylation sites is 1. The molecule has 13 heavy (non-hydrogen) atoms. The monoisotopic (exact) mass is 243 g/mol. The van der Waals surface area contributed by atoms with Crippen molar-refractivity contribution in [3.63, 3.8) is 0 Å². The fraction of sp³-hybridized carbons (Fsp3) is 0.400. The van der Waals surface area contributed by atoms with Gasteiger partial charge >= 0.3 is 0 Å². The number of hydrogen-bond donors (Lipinski definition) is 1. The largest absolute Gasteiger partial charge is 0.488 e. The van der Waals surface area contributed by atoms with Gasteiger partial charge in [0.1, 0.15) is 11.9 Å². The summed E-state index contributed by atoms with van der Waals surface area (Å²) in [5.74, 6) is 0.894. The molecule has 1 unspecified atom stereocenters. The van der Waals surface area contributed by atoms with E-state index in [-0.39, 0.29) is 6.10 Å². The van der Waals surface area contributed by atoms with Gasteiger partial charge in [0.15, 0.2) is 0 Å². The zero-order valence-electron chi connectivity index (χ0n) is 7.88. The lowest BCUT2D eigenvalue weighted by atomic mass is 10.3. The van der Waals surface area contributed by atoms with Crippen LogP contribution in [0.5, 0.6) is 5.75 Å². The van der Waals surface area contributed by atoms with E-state index in [4.69, 9.17) is 4.74 Å². The molecule has 3 heteroatoms. The van der Waals surface area contributed by atoms with Gasteiger partial charge in [-0.3, -0.25) is 0 Å². The number of nitrogens with one attached hydrogen (secondary N) is 1. The van der Waals surface area contributed by atoms with Crippen molar-refractivity contribution < 1.29 is 4.74 Å². The van der Waals surface area contributed by atoms with Gasteiger partial charge in [0.05, 0.1) is 4.47 Å². The molecular formula is C10H14BrNO. The molecule has 1 aromatic rings. The molecule has 0 fully saturated rings. The number of benzene rings is 1. The molecule has 0 spiro atoms. The van der Waals surface area contributed by atoms with E-state index in [1.54, 1.807) is 0 Å². The molecule has 0 heterocycles. The molecule has 0 aliphatic carbocycles. The highest BCUT2D eigenvalue weighted by molar-refractivity contribution is 9.10. The minimum Gasteiger partial charge on any atom is -0.488 e. The molecule has 0 aliphatic rings. The third-order valence-corrected chi connectivity index (χ3v) is 2.31. The van der Waals surface area contributed by atoms with Crippen LogP contribution in [0.3, 0.4) is 0 Å². The number of likely N-dealkylation sites (N-methyl/N-ethyl adjacent to an activating group) is 1. The number of ether oxygens (including phenoxy) is 1. The lowest BCUT2D eigenvalue weighted by molar-refractivity contribution is 0.219. The fourth-order valence-electron chi connectivity index (χ4n) is 1.09. The third-order valence-electron chi connectivity index (χ3n) is 1.66. The molecular weight excluding hydrogens is 230 g/mol. The Hall–Kier alpha value is -0.540. The van der Waals surface area contributed by atoms with Crippen LogP contribution in [0, 0.1) is 0 Å². The van der Waals surface area contributed by atoms with Crippen LogP contribution in [0.4, 0.5) is 0 Å². The van der Waals surface area contributed by atoms with Gasteiger partial charge in [0.25, 0.3) is 0 Å². The van der Waals surface area contributed by atoms with Crippen LogP contribution < -0.4 is 10.1 Å². The second kappa shape index (κ2) is 5.25. The lowest BCUT2D eigenvalue weighted by Gasteiger charge is -2.14. The van der Waals surface area contributed by atoms with Crippen molar-refractivity contribution in [1.82, 2.24) is 5.32 Å². The third kappa shape index (κ3) is 3.36. The van der Waals surface area contributed by atoms with Crippen molar-refractivity contribution in [3.8, 4) is 5.75 Å². The zero-order chi connectivity index (χ0) is 9.68. The standard InChI is InChI=1S/C10H14BrNO/c1-8(7-12-2)13-10-6-4-3-5-9(10)11/h3-6,8,12H,7H2,1-2H3. The van der Waals surface area contributed by atoms with E-state index in [2.05, 4.69) is 21.2 Å². The molecule has 0 aromatic heterocycles. The average molecular weight is 244 g/mol. The van der Waals surface area contributed by atoms with Crippen molar-refractivity contribution >= 4 is 15.9 Å². The van der Waals surface area contributed by atoms with Crippen molar-refractivity contribution in [2.24, 2.45) is 0 Å². The zero-order valence-corrected chi connectivity index (χ0v) is 9.47. The Morgan fingerprint density at radius 2 is 2.15 bits per heavy atom. The first-order valence-corrected chi connectivity index (χ1v) is 5.09. The Labute approximate surface area is 87.4 Å². The molecule has 1 atom stereocenters. The Morgan fingerprint density at radius 3 is 2.77 bits per heavy atom. The summed E-state index contributed by atoms with van der Waals surface area (Å²) in [6.45, 7) is 2.89. The van der Waals surface area contributed by atoms with Gasteiger partial charge in [-0.15, -0.1) is 0 Å². The van der Waals surface area contributed by atoms with Crippen LogP contribution in [0.1, 0.15) is 6.92 Å². The number of hydrogen-bond acceptors (Lipinski definition) is 2. The maximum atomic E-state index is 5.68. The van der Waals surface area contributed by atoms with Gasteiger partial charge in [-0.25, -0.2) is 0 Å². The summed E-state index contributed by atoms with van der Waals surface area (Å²) in [5.41, 5.74) is 0. The molecule has 72 valence electrons. The van der Waals surface area contributed by atoms with Crippen LogP contribution >= 0.6 is 15.9 Å². The van der Waals surface area contributed by atoms with Crippen molar-refractivity contribution in [2.75, 3.05) is 13.6 Å².